The Morgan fingerprint density at radius 1 is 1.13 bits per heavy atom. The lowest BCUT2D eigenvalue weighted by Crippen LogP contribution is -2.17. The molecule has 4 nitrogen and oxygen atoms in total. The van der Waals surface area contributed by atoms with E-state index < -0.39 is 12.1 Å². The highest BCUT2D eigenvalue weighted by Crippen LogP contribution is 2.33. The van der Waals surface area contributed by atoms with E-state index in [9.17, 15) is 18.0 Å². The highest BCUT2D eigenvalue weighted by Gasteiger charge is 2.32. The number of nitrogens with one attached hydrogen (secondary N) is 1. The van der Waals surface area contributed by atoms with Crippen LogP contribution < -0.4 is 10.3 Å². The van der Waals surface area contributed by atoms with E-state index >= 15 is 0 Å². The summed E-state index contributed by atoms with van der Waals surface area (Å²) < 4.78 is 41.3. The molecule has 0 unspecified atom stereocenters. The van der Waals surface area contributed by atoms with Gasteiger partial charge in [-0.05, 0) is 46.3 Å². The summed E-state index contributed by atoms with van der Waals surface area (Å²) in [5.41, 5.74) is 0.384. The fraction of sp³-hybridized carbons (Fsp3) is 0.0667. The van der Waals surface area contributed by atoms with Crippen LogP contribution in [0.15, 0.2) is 51.7 Å². The molecule has 0 amide bonds. The number of alkyl halides is 3. The van der Waals surface area contributed by atoms with Crippen molar-refractivity contribution in [1.29, 1.82) is 0 Å². The van der Waals surface area contributed by atoms with Crippen molar-refractivity contribution in [3.8, 4) is 17.1 Å². The van der Waals surface area contributed by atoms with E-state index in [1.54, 1.807) is 24.3 Å². The molecule has 0 saturated heterocycles. The number of nitrogens with zero attached hydrogens (tertiary/aromatic N) is 1. The van der Waals surface area contributed by atoms with Crippen molar-refractivity contribution >= 4 is 26.8 Å². The Bertz CT molecular complexity index is 938. The molecular formula is C15H8BrF3N2O2. The molecule has 8 heteroatoms. The molecule has 118 valence electrons. The maximum atomic E-state index is 12.4. The van der Waals surface area contributed by atoms with Crippen molar-refractivity contribution in [2.45, 2.75) is 6.36 Å². The van der Waals surface area contributed by atoms with E-state index in [1.165, 1.54) is 12.1 Å². The van der Waals surface area contributed by atoms with E-state index in [0.717, 1.165) is 6.07 Å². The van der Waals surface area contributed by atoms with Gasteiger partial charge in [-0.25, -0.2) is 4.98 Å². The predicted molar refractivity (Wildman–Crippen MR) is 82.2 cm³/mol. The number of aromatic nitrogens is 2. The number of H-pyrrole nitrogens is 1. The van der Waals surface area contributed by atoms with Gasteiger partial charge in [0, 0.05) is 5.56 Å². The lowest BCUT2D eigenvalue weighted by atomic mass is 10.2. The van der Waals surface area contributed by atoms with Crippen LogP contribution in [0.2, 0.25) is 0 Å². The third-order valence-electron chi connectivity index (χ3n) is 3.04. The molecule has 2 aromatic carbocycles. The third kappa shape index (κ3) is 3.37. The van der Waals surface area contributed by atoms with Crippen molar-refractivity contribution in [2.24, 2.45) is 0 Å². The Kier molecular flexibility index (Phi) is 3.85. The van der Waals surface area contributed by atoms with Crippen LogP contribution >= 0.6 is 15.9 Å². The molecule has 0 aliphatic heterocycles. The molecule has 1 heterocycles. The van der Waals surface area contributed by atoms with E-state index in [4.69, 9.17) is 0 Å². The van der Waals surface area contributed by atoms with Gasteiger partial charge in [0.2, 0.25) is 0 Å². The number of fused-ring (bicyclic) bond motifs is 1. The fourth-order valence-electron chi connectivity index (χ4n) is 2.08. The number of ether oxygens (including phenoxy) is 1. The molecule has 0 radical (unpaired) electrons. The summed E-state index contributed by atoms with van der Waals surface area (Å²) in [6.07, 6.45) is -4.81. The van der Waals surface area contributed by atoms with Crippen LogP contribution in [0.3, 0.4) is 0 Å². The minimum atomic E-state index is -4.81. The standard InChI is InChI=1S/C15H8BrF3N2O2/c16-10-6-5-8(7-12(10)23-15(17,18)19)13-20-11-4-2-1-3-9(11)14(22)21-13/h1-7H,(H,20,21,22). The average Bonchev–Trinajstić information content (AvgIpc) is 2.48. The second kappa shape index (κ2) is 5.69. The van der Waals surface area contributed by atoms with Gasteiger partial charge in [0.25, 0.3) is 5.56 Å². The first-order valence-electron chi connectivity index (χ1n) is 6.38. The monoisotopic (exact) mass is 384 g/mol. The molecule has 0 atom stereocenters. The van der Waals surface area contributed by atoms with Crippen LogP contribution in [0.4, 0.5) is 13.2 Å². The zero-order valence-electron chi connectivity index (χ0n) is 11.3. The highest BCUT2D eigenvalue weighted by molar-refractivity contribution is 9.10. The predicted octanol–water partition coefficient (Wildman–Crippen LogP) is 4.25. The molecule has 23 heavy (non-hydrogen) atoms. The first-order valence-corrected chi connectivity index (χ1v) is 7.17. The molecular weight excluding hydrogens is 377 g/mol. The van der Waals surface area contributed by atoms with Crippen molar-refractivity contribution < 1.29 is 17.9 Å². The smallest absolute Gasteiger partial charge is 0.405 e. The van der Waals surface area contributed by atoms with Gasteiger partial charge in [-0.15, -0.1) is 13.2 Å². The molecule has 0 fully saturated rings. The number of halogens is 4. The average molecular weight is 385 g/mol. The normalized spacial score (nSPS) is 11.7. The van der Waals surface area contributed by atoms with Crippen molar-refractivity contribution in [2.75, 3.05) is 0 Å². The van der Waals surface area contributed by atoms with E-state index in [0.29, 0.717) is 16.5 Å². The largest absolute Gasteiger partial charge is 0.573 e. The summed E-state index contributed by atoms with van der Waals surface area (Å²) in [5.74, 6) is -0.251. The Morgan fingerprint density at radius 2 is 1.87 bits per heavy atom. The van der Waals surface area contributed by atoms with Crippen LogP contribution in [0.25, 0.3) is 22.3 Å². The van der Waals surface area contributed by atoms with Crippen molar-refractivity contribution in [3.63, 3.8) is 0 Å². The van der Waals surface area contributed by atoms with E-state index in [1.807, 2.05) is 0 Å². The highest BCUT2D eigenvalue weighted by atomic mass is 79.9. The molecule has 0 aliphatic carbocycles. The summed E-state index contributed by atoms with van der Waals surface area (Å²) in [7, 11) is 0. The number of hydrogen-bond acceptors (Lipinski definition) is 3. The Balaban J connectivity index is 2.12. The zero-order valence-corrected chi connectivity index (χ0v) is 12.9. The maximum Gasteiger partial charge on any atom is 0.573 e. The number of para-hydroxylation sites is 1. The van der Waals surface area contributed by atoms with Crippen molar-refractivity contribution in [1.82, 2.24) is 9.97 Å². The number of aromatic amines is 1. The van der Waals surface area contributed by atoms with Gasteiger partial charge >= 0.3 is 6.36 Å². The second-order valence-corrected chi connectivity index (χ2v) is 5.48. The van der Waals surface area contributed by atoms with Gasteiger partial charge in [-0.2, -0.15) is 0 Å². The third-order valence-corrected chi connectivity index (χ3v) is 3.70. The summed E-state index contributed by atoms with van der Waals surface area (Å²) in [5, 5.41) is 0.403. The molecule has 0 saturated carbocycles. The SMILES string of the molecule is O=c1[nH]c(-c2ccc(Br)c(OC(F)(F)F)c2)nc2ccccc12. The first-order chi connectivity index (χ1) is 10.8. The lowest BCUT2D eigenvalue weighted by molar-refractivity contribution is -0.274. The Morgan fingerprint density at radius 3 is 2.61 bits per heavy atom. The number of hydrogen-bond donors (Lipinski definition) is 1. The minimum Gasteiger partial charge on any atom is -0.405 e. The van der Waals surface area contributed by atoms with Crippen LogP contribution in [0.5, 0.6) is 5.75 Å². The van der Waals surface area contributed by atoms with Crippen LogP contribution in [-0.4, -0.2) is 16.3 Å². The molecule has 0 spiro atoms. The summed E-state index contributed by atoms with van der Waals surface area (Å²) in [6.45, 7) is 0. The van der Waals surface area contributed by atoms with Gasteiger partial charge in [0.05, 0.1) is 15.4 Å². The number of benzene rings is 2. The lowest BCUT2D eigenvalue weighted by Gasteiger charge is -2.12. The van der Waals surface area contributed by atoms with Crippen molar-refractivity contribution in [3.05, 3.63) is 57.3 Å². The molecule has 0 bridgehead atoms. The Hall–Kier alpha value is -2.35. The van der Waals surface area contributed by atoms with Gasteiger partial charge < -0.3 is 9.72 Å². The zero-order chi connectivity index (χ0) is 16.6. The molecule has 0 aliphatic rings. The van der Waals surface area contributed by atoms with Crippen LogP contribution in [-0.2, 0) is 0 Å². The maximum absolute atomic E-state index is 12.4. The van der Waals surface area contributed by atoms with Gasteiger partial charge in [-0.3, -0.25) is 4.79 Å². The quantitative estimate of drug-likeness (QED) is 0.718. The molecule has 1 N–H and O–H groups in total. The molecule has 3 aromatic rings. The van der Waals surface area contributed by atoms with Crippen LogP contribution in [0.1, 0.15) is 0 Å². The van der Waals surface area contributed by atoms with Crippen LogP contribution in [0, 0.1) is 0 Å². The van der Waals surface area contributed by atoms with Gasteiger partial charge in [-0.1, -0.05) is 12.1 Å². The van der Waals surface area contributed by atoms with E-state index in [2.05, 4.69) is 30.6 Å². The second-order valence-electron chi connectivity index (χ2n) is 4.62. The first kappa shape index (κ1) is 15.5. The molecule has 3 rings (SSSR count). The summed E-state index contributed by atoms with van der Waals surface area (Å²) >= 11 is 2.99. The Labute approximate surface area is 136 Å². The molecule has 1 aromatic heterocycles. The fourth-order valence-corrected chi connectivity index (χ4v) is 2.40. The summed E-state index contributed by atoms with van der Waals surface area (Å²) in [4.78, 5) is 18.9. The summed E-state index contributed by atoms with van der Waals surface area (Å²) in [6, 6.07) is 10.8. The number of rotatable bonds is 2. The minimum absolute atomic E-state index is 0.140. The van der Waals surface area contributed by atoms with Gasteiger partial charge in [0.1, 0.15) is 11.6 Å². The van der Waals surface area contributed by atoms with E-state index in [-0.39, 0.29) is 15.9 Å². The van der Waals surface area contributed by atoms with Gasteiger partial charge in [0.15, 0.2) is 0 Å². The topological polar surface area (TPSA) is 55.0 Å².